The molecule has 176 valence electrons. The molecule has 2 unspecified atom stereocenters. The van der Waals surface area contributed by atoms with Crippen LogP contribution in [0.2, 0.25) is 0 Å². The van der Waals surface area contributed by atoms with E-state index in [2.05, 4.69) is 22.3 Å². The minimum Gasteiger partial charge on any atom is -0.447 e. The average molecular weight is 465 g/mol. The van der Waals surface area contributed by atoms with Gasteiger partial charge in [0.05, 0.1) is 0 Å². The van der Waals surface area contributed by atoms with Crippen molar-refractivity contribution < 1.29 is 23.4 Å². The highest BCUT2D eigenvalue weighted by molar-refractivity contribution is 5.85. The Morgan fingerprint density at radius 1 is 0.912 bits per heavy atom. The van der Waals surface area contributed by atoms with Crippen molar-refractivity contribution in [3.63, 3.8) is 0 Å². The number of carbonyl (C=O) groups is 1. The maximum Gasteiger partial charge on any atom is 0.349 e. The van der Waals surface area contributed by atoms with Gasteiger partial charge in [-0.05, 0) is 52.8 Å². The summed E-state index contributed by atoms with van der Waals surface area (Å²) in [7, 11) is 0. The van der Waals surface area contributed by atoms with E-state index in [9.17, 15) is 18.7 Å². The lowest BCUT2D eigenvalue weighted by atomic mass is 9.86. The number of piperidine rings is 1. The summed E-state index contributed by atoms with van der Waals surface area (Å²) in [4.78, 5) is 15.5. The number of fused-ring (bicyclic) bond motifs is 1. The Hall–Kier alpha value is -3.13. The number of esters is 1. The Labute approximate surface area is 197 Å². The smallest absolute Gasteiger partial charge is 0.349 e. The van der Waals surface area contributed by atoms with Crippen LogP contribution < -0.4 is 5.32 Å². The zero-order chi connectivity index (χ0) is 23.7. The highest BCUT2D eigenvalue weighted by Gasteiger charge is 2.55. The molecule has 1 aliphatic heterocycles. The van der Waals surface area contributed by atoms with Crippen molar-refractivity contribution >= 4 is 5.97 Å². The van der Waals surface area contributed by atoms with E-state index in [-0.39, 0.29) is 23.9 Å². The van der Waals surface area contributed by atoms with Crippen LogP contribution in [0.4, 0.5) is 8.78 Å². The zero-order valence-corrected chi connectivity index (χ0v) is 18.5. The summed E-state index contributed by atoms with van der Waals surface area (Å²) in [5, 5.41) is 14.6. The lowest BCUT2D eigenvalue weighted by Crippen LogP contribution is -2.41. The van der Waals surface area contributed by atoms with Crippen LogP contribution in [0, 0.1) is 23.5 Å². The Balaban J connectivity index is 1.18. The molecule has 5 nitrogen and oxygen atoms in total. The van der Waals surface area contributed by atoms with Crippen molar-refractivity contribution in [2.45, 2.75) is 18.2 Å². The van der Waals surface area contributed by atoms with E-state index in [1.165, 1.54) is 29.8 Å². The maximum absolute atomic E-state index is 13.4. The van der Waals surface area contributed by atoms with E-state index in [1.807, 2.05) is 18.2 Å². The number of halogens is 2. The SMILES string of the molecule is O=C(OCNC1C2CN(Cc3ccccc3)CC21)C(O)(c1ccc(F)cc1)c1ccc(F)cc1. The second kappa shape index (κ2) is 9.25. The second-order valence-electron chi connectivity index (χ2n) is 9.04. The number of rotatable bonds is 8. The highest BCUT2D eigenvalue weighted by Crippen LogP contribution is 2.45. The lowest BCUT2D eigenvalue weighted by molar-refractivity contribution is -0.163. The van der Waals surface area contributed by atoms with Gasteiger partial charge in [0.25, 0.3) is 0 Å². The predicted molar refractivity (Wildman–Crippen MR) is 122 cm³/mol. The number of carbonyl (C=O) groups excluding carboxylic acids is 1. The van der Waals surface area contributed by atoms with Crippen molar-refractivity contribution in [3.05, 3.63) is 107 Å². The van der Waals surface area contributed by atoms with Crippen molar-refractivity contribution in [1.82, 2.24) is 10.2 Å². The first kappa shape index (κ1) is 22.7. The lowest BCUT2D eigenvalue weighted by Gasteiger charge is -2.27. The fourth-order valence-electron chi connectivity index (χ4n) is 4.98. The Morgan fingerprint density at radius 3 is 1.97 bits per heavy atom. The topological polar surface area (TPSA) is 61.8 Å². The van der Waals surface area contributed by atoms with E-state index in [4.69, 9.17) is 4.74 Å². The van der Waals surface area contributed by atoms with Gasteiger partial charge in [-0.25, -0.2) is 13.6 Å². The van der Waals surface area contributed by atoms with Crippen LogP contribution in [0.1, 0.15) is 16.7 Å². The summed E-state index contributed by atoms with van der Waals surface area (Å²) in [6.45, 7) is 2.85. The molecule has 0 bridgehead atoms. The van der Waals surface area contributed by atoms with Gasteiger partial charge in [0.1, 0.15) is 18.4 Å². The normalized spacial score (nSPS) is 21.8. The zero-order valence-electron chi connectivity index (χ0n) is 18.5. The molecule has 3 aromatic rings. The van der Waals surface area contributed by atoms with Crippen LogP contribution in [0.15, 0.2) is 78.9 Å². The average Bonchev–Trinajstić information content (AvgIpc) is 3.29. The second-order valence-corrected chi connectivity index (χ2v) is 9.04. The quantitative estimate of drug-likeness (QED) is 0.395. The molecule has 7 heteroatoms. The molecule has 0 amide bonds. The van der Waals surface area contributed by atoms with Gasteiger partial charge in [-0.2, -0.15) is 0 Å². The highest BCUT2D eigenvalue weighted by atomic mass is 19.1. The summed E-state index contributed by atoms with van der Waals surface area (Å²) in [6, 6.07) is 20.5. The number of hydrogen-bond donors (Lipinski definition) is 2. The molecule has 2 aliphatic rings. The molecule has 34 heavy (non-hydrogen) atoms. The number of nitrogens with zero attached hydrogens (tertiary/aromatic N) is 1. The van der Waals surface area contributed by atoms with E-state index in [0.29, 0.717) is 11.8 Å². The molecule has 2 N–H and O–H groups in total. The van der Waals surface area contributed by atoms with Crippen LogP contribution in [-0.2, 0) is 21.7 Å². The number of benzene rings is 3. The molecule has 1 saturated carbocycles. The molecule has 2 fully saturated rings. The number of nitrogens with one attached hydrogen (secondary N) is 1. The number of likely N-dealkylation sites (tertiary alicyclic amines) is 1. The van der Waals surface area contributed by atoms with Crippen LogP contribution in [0.5, 0.6) is 0 Å². The Morgan fingerprint density at radius 2 is 1.44 bits per heavy atom. The summed E-state index contributed by atoms with van der Waals surface area (Å²) >= 11 is 0. The third-order valence-electron chi connectivity index (χ3n) is 6.86. The van der Waals surface area contributed by atoms with Crippen LogP contribution in [-0.4, -0.2) is 41.8 Å². The van der Waals surface area contributed by atoms with Gasteiger partial charge in [-0.1, -0.05) is 54.6 Å². The summed E-state index contributed by atoms with van der Waals surface area (Å²) in [6.07, 6.45) is 0. The molecule has 0 spiro atoms. The maximum atomic E-state index is 13.4. The minimum absolute atomic E-state index is 0.0557. The van der Waals surface area contributed by atoms with Crippen LogP contribution >= 0.6 is 0 Å². The van der Waals surface area contributed by atoms with E-state index in [0.717, 1.165) is 43.9 Å². The molecule has 0 radical (unpaired) electrons. The fraction of sp³-hybridized carbons (Fsp3) is 0.296. The first-order valence-corrected chi connectivity index (χ1v) is 11.4. The van der Waals surface area contributed by atoms with Gasteiger partial charge in [-0.3, -0.25) is 10.2 Å². The molecule has 5 rings (SSSR count). The van der Waals surface area contributed by atoms with Gasteiger partial charge in [-0.15, -0.1) is 0 Å². The summed E-state index contributed by atoms with van der Waals surface area (Å²) < 4.78 is 32.3. The van der Waals surface area contributed by atoms with Crippen molar-refractivity contribution in [2.24, 2.45) is 11.8 Å². The van der Waals surface area contributed by atoms with E-state index < -0.39 is 23.2 Å². The number of ether oxygens (including phenoxy) is 1. The number of aliphatic hydroxyl groups is 1. The van der Waals surface area contributed by atoms with E-state index in [1.54, 1.807) is 0 Å². The molecule has 1 aliphatic carbocycles. The molecule has 3 aromatic carbocycles. The Bertz CT molecular complexity index is 1080. The molecule has 2 atom stereocenters. The molecule has 0 aromatic heterocycles. The predicted octanol–water partition coefficient (Wildman–Crippen LogP) is 3.42. The third kappa shape index (κ3) is 4.46. The van der Waals surface area contributed by atoms with Gasteiger partial charge in [0.2, 0.25) is 5.60 Å². The summed E-state index contributed by atoms with van der Waals surface area (Å²) in [5.74, 6) is -0.885. The van der Waals surface area contributed by atoms with Crippen LogP contribution in [0.3, 0.4) is 0 Å². The summed E-state index contributed by atoms with van der Waals surface area (Å²) in [5.41, 5.74) is -0.603. The number of hydrogen-bond acceptors (Lipinski definition) is 5. The van der Waals surface area contributed by atoms with Gasteiger partial charge in [0.15, 0.2) is 0 Å². The van der Waals surface area contributed by atoms with Crippen molar-refractivity contribution in [2.75, 3.05) is 19.8 Å². The first-order chi connectivity index (χ1) is 16.4. The molecular formula is C27H26F2N2O3. The minimum atomic E-state index is -2.19. The van der Waals surface area contributed by atoms with E-state index >= 15 is 0 Å². The third-order valence-corrected chi connectivity index (χ3v) is 6.86. The molecule has 1 saturated heterocycles. The van der Waals surface area contributed by atoms with Gasteiger partial charge < -0.3 is 9.84 Å². The standard InChI is InChI=1S/C27H26F2N2O3/c28-21-10-6-19(7-11-21)27(33,20-8-12-22(29)13-9-20)26(32)34-17-30-25-23-15-31(16-24(23)25)14-18-4-2-1-3-5-18/h1-13,23-25,30,33H,14-17H2. The monoisotopic (exact) mass is 464 g/mol. The Kier molecular flexibility index (Phi) is 6.16. The molecular weight excluding hydrogens is 438 g/mol. The van der Waals surface area contributed by atoms with Gasteiger partial charge >= 0.3 is 5.97 Å². The van der Waals surface area contributed by atoms with Gasteiger partial charge in [0, 0.05) is 25.7 Å². The van der Waals surface area contributed by atoms with Crippen LogP contribution in [0.25, 0.3) is 0 Å². The largest absolute Gasteiger partial charge is 0.447 e. The first-order valence-electron chi connectivity index (χ1n) is 11.4. The molecule has 1 heterocycles. The van der Waals surface area contributed by atoms with Crippen molar-refractivity contribution in [3.8, 4) is 0 Å². The fourth-order valence-corrected chi connectivity index (χ4v) is 4.98. The van der Waals surface area contributed by atoms with Crippen molar-refractivity contribution in [1.29, 1.82) is 0 Å².